The van der Waals surface area contributed by atoms with Crippen molar-refractivity contribution in [2.24, 2.45) is 5.92 Å². The number of nitrogens with one attached hydrogen (secondary N) is 1. The molecule has 2 atom stereocenters. The summed E-state index contributed by atoms with van der Waals surface area (Å²) in [5, 5.41) is 12.3. The van der Waals surface area contributed by atoms with E-state index in [9.17, 15) is 14.7 Å². The van der Waals surface area contributed by atoms with E-state index in [-0.39, 0.29) is 17.6 Å². The summed E-state index contributed by atoms with van der Waals surface area (Å²) in [5.74, 6) is -1.30. The molecule has 120 valence electrons. The third kappa shape index (κ3) is 5.06. The Morgan fingerprint density at radius 2 is 1.90 bits per heavy atom. The number of aliphatic carboxylic acids is 1. The monoisotopic (exact) mass is 296 g/mol. The summed E-state index contributed by atoms with van der Waals surface area (Å²) in [6.07, 6.45) is 5.97. The van der Waals surface area contributed by atoms with Crippen LogP contribution >= 0.6 is 0 Å². The number of urea groups is 1. The molecule has 5 nitrogen and oxygen atoms in total. The molecule has 0 aromatic rings. The van der Waals surface area contributed by atoms with Gasteiger partial charge in [-0.1, -0.05) is 25.3 Å². The van der Waals surface area contributed by atoms with Gasteiger partial charge in [0.15, 0.2) is 0 Å². The molecule has 2 amide bonds. The van der Waals surface area contributed by atoms with Gasteiger partial charge in [-0.2, -0.15) is 0 Å². The van der Waals surface area contributed by atoms with Crippen molar-refractivity contribution in [3.63, 3.8) is 0 Å². The van der Waals surface area contributed by atoms with Gasteiger partial charge >= 0.3 is 12.0 Å². The molecule has 0 saturated heterocycles. The van der Waals surface area contributed by atoms with Gasteiger partial charge in [-0.15, -0.1) is 6.58 Å². The normalized spacial score (nSPS) is 23.0. The fourth-order valence-electron chi connectivity index (χ4n) is 2.80. The molecule has 1 saturated carbocycles. The molecule has 21 heavy (non-hydrogen) atoms. The Kier molecular flexibility index (Phi) is 6.24. The van der Waals surface area contributed by atoms with Gasteiger partial charge in [-0.25, -0.2) is 4.79 Å². The molecule has 1 rings (SSSR count). The van der Waals surface area contributed by atoms with Crippen LogP contribution in [0.3, 0.4) is 0 Å². The Labute approximate surface area is 127 Å². The lowest BCUT2D eigenvalue weighted by atomic mass is 9.95. The van der Waals surface area contributed by atoms with E-state index in [4.69, 9.17) is 0 Å². The maximum absolute atomic E-state index is 12.5. The fourth-order valence-corrected chi connectivity index (χ4v) is 2.80. The molecule has 0 aliphatic heterocycles. The van der Waals surface area contributed by atoms with Crippen molar-refractivity contribution in [1.82, 2.24) is 10.2 Å². The Bertz CT molecular complexity index is 387. The van der Waals surface area contributed by atoms with Crippen LogP contribution in [0.5, 0.6) is 0 Å². The van der Waals surface area contributed by atoms with Crippen molar-refractivity contribution in [3.8, 4) is 0 Å². The maximum atomic E-state index is 12.5. The first-order chi connectivity index (χ1) is 9.77. The number of rotatable bonds is 4. The van der Waals surface area contributed by atoms with Crippen LogP contribution in [-0.4, -0.2) is 40.1 Å². The van der Waals surface area contributed by atoms with Crippen molar-refractivity contribution in [2.75, 3.05) is 6.54 Å². The number of amides is 2. The molecule has 0 radical (unpaired) electrons. The standard InChI is InChI=1S/C16H28N2O3/c1-5-11-18(16(2,3)4)15(21)17-13-10-8-6-7-9-12(13)14(19)20/h5,12-13H,1,6-11H2,2-4H3,(H,17,21)(H,19,20). The van der Waals surface area contributed by atoms with Gasteiger partial charge < -0.3 is 15.3 Å². The van der Waals surface area contributed by atoms with Gasteiger partial charge in [0.1, 0.15) is 0 Å². The minimum atomic E-state index is -0.812. The molecular formula is C16H28N2O3. The SMILES string of the molecule is C=CCN(C(=O)NC1CCCCCC1C(=O)O)C(C)(C)C. The summed E-state index contributed by atoms with van der Waals surface area (Å²) in [4.78, 5) is 25.6. The quantitative estimate of drug-likeness (QED) is 0.619. The first-order valence-corrected chi connectivity index (χ1v) is 7.69. The first kappa shape index (κ1) is 17.5. The number of carbonyl (C=O) groups excluding carboxylic acids is 1. The van der Waals surface area contributed by atoms with Crippen LogP contribution in [0.25, 0.3) is 0 Å². The van der Waals surface area contributed by atoms with Crippen LogP contribution in [0, 0.1) is 5.92 Å². The number of nitrogens with zero attached hydrogens (tertiary/aromatic N) is 1. The fraction of sp³-hybridized carbons (Fsp3) is 0.750. The topological polar surface area (TPSA) is 69.6 Å². The Hall–Kier alpha value is -1.52. The van der Waals surface area contributed by atoms with Crippen LogP contribution in [0.15, 0.2) is 12.7 Å². The number of hydrogen-bond donors (Lipinski definition) is 2. The third-order valence-corrected chi connectivity index (χ3v) is 4.01. The zero-order chi connectivity index (χ0) is 16.0. The highest BCUT2D eigenvalue weighted by Gasteiger charge is 2.33. The molecule has 0 bridgehead atoms. The Morgan fingerprint density at radius 1 is 1.29 bits per heavy atom. The van der Waals surface area contributed by atoms with E-state index in [1.807, 2.05) is 20.8 Å². The van der Waals surface area contributed by atoms with E-state index in [1.165, 1.54) is 0 Å². The van der Waals surface area contributed by atoms with E-state index in [0.717, 1.165) is 25.7 Å². The average Bonchev–Trinajstić information content (AvgIpc) is 2.59. The van der Waals surface area contributed by atoms with Gasteiger partial charge in [-0.3, -0.25) is 4.79 Å². The maximum Gasteiger partial charge on any atom is 0.318 e. The van der Waals surface area contributed by atoms with E-state index in [0.29, 0.717) is 13.0 Å². The lowest BCUT2D eigenvalue weighted by Gasteiger charge is -2.36. The number of carboxylic acids is 1. The molecule has 1 aliphatic carbocycles. The molecule has 0 aromatic heterocycles. The van der Waals surface area contributed by atoms with Crippen LogP contribution < -0.4 is 5.32 Å². The minimum Gasteiger partial charge on any atom is -0.481 e. The second-order valence-corrected chi connectivity index (χ2v) is 6.71. The second-order valence-electron chi connectivity index (χ2n) is 6.71. The van der Waals surface area contributed by atoms with Crippen molar-refractivity contribution >= 4 is 12.0 Å². The van der Waals surface area contributed by atoms with Crippen molar-refractivity contribution in [1.29, 1.82) is 0 Å². The lowest BCUT2D eigenvalue weighted by molar-refractivity contribution is -0.142. The molecule has 0 spiro atoms. The highest BCUT2D eigenvalue weighted by atomic mass is 16.4. The zero-order valence-corrected chi connectivity index (χ0v) is 13.4. The Balaban J connectivity index is 2.81. The first-order valence-electron chi connectivity index (χ1n) is 7.69. The second kappa shape index (κ2) is 7.48. The van der Waals surface area contributed by atoms with E-state index < -0.39 is 11.9 Å². The van der Waals surface area contributed by atoms with Gasteiger partial charge in [0, 0.05) is 18.1 Å². The molecule has 1 aliphatic rings. The summed E-state index contributed by atoms with van der Waals surface area (Å²) in [7, 11) is 0. The lowest BCUT2D eigenvalue weighted by Crippen LogP contribution is -2.54. The zero-order valence-electron chi connectivity index (χ0n) is 13.4. The molecule has 0 heterocycles. The third-order valence-electron chi connectivity index (χ3n) is 4.01. The predicted octanol–water partition coefficient (Wildman–Crippen LogP) is 3.02. The van der Waals surface area contributed by atoms with Gasteiger partial charge in [0.2, 0.25) is 0 Å². The van der Waals surface area contributed by atoms with Gasteiger partial charge in [0.25, 0.3) is 0 Å². The molecule has 2 N–H and O–H groups in total. The van der Waals surface area contributed by atoms with Gasteiger partial charge in [-0.05, 0) is 33.6 Å². The Morgan fingerprint density at radius 3 is 2.43 bits per heavy atom. The van der Waals surface area contributed by atoms with Gasteiger partial charge in [0.05, 0.1) is 5.92 Å². The highest BCUT2D eigenvalue weighted by Crippen LogP contribution is 2.24. The average molecular weight is 296 g/mol. The van der Waals surface area contributed by atoms with E-state index in [1.54, 1.807) is 11.0 Å². The number of hydrogen-bond acceptors (Lipinski definition) is 2. The summed E-state index contributed by atoms with van der Waals surface area (Å²) >= 11 is 0. The van der Waals surface area contributed by atoms with Crippen LogP contribution in [0.2, 0.25) is 0 Å². The van der Waals surface area contributed by atoms with Crippen LogP contribution in [-0.2, 0) is 4.79 Å². The predicted molar refractivity (Wildman–Crippen MR) is 83.2 cm³/mol. The molecule has 1 fully saturated rings. The van der Waals surface area contributed by atoms with Crippen LogP contribution in [0.4, 0.5) is 4.79 Å². The smallest absolute Gasteiger partial charge is 0.318 e. The molecule has 5 heteroatoms. The minimum absolute atomic E-state index is 0.208. The van der Waals surface area contributed by atoms with Crippen molar-refractivity contribution < 1.29 is 14.7 Å². The summed E-state index contributed by atoms with van der Waals surface area (Å²) in [6, 6.07) is -0.493. The van der Waals surface area contributed by atoms with Crippen LogP contribution in [0.1, 0.15) is 52.9 Å². The molecule has 0 aromatic carbocycles. The van der Waals surface area contributed by atoms with E-state index >= 15 is 0 Å². The molecular weight excluding hydrogens is 268 g/mol. The summed E-state index contributed by atoms with van der Waals surface area (Å²) in [5.41, 5.74) is -0.332. The molecule has 2 unspecified atom stereocenters. The van der Waals surface area contributed by atoms with Crippen molar-refractivity contribution in [2.45, 2.75) is 64.5 Å². The largest absolute Gasteiger partial charge is 0.481 e. The highest BCUT2D eigenvalue weighted by molar-refractivity contribution is 5.77. The summed E-state index contributed by atoms with van der Waals surface area (Å²) in [6.45, 7) is 10.00. The number of carboxylic acid groups (broad SMARTS) is 1. The van der Waals surface area contributed by atoms with Crippen molar-refractivity contribution in [3.05, 3.63) is 12.7 Å². The summed E-state index contributed by atoms with van der Waals surface area (Å²) < 4.78 is 0. The van der Waals surface area contributed by atoms with E-state index in [2.05, 4.69) is 11.9 Å². The number of carbonyl (C=O) groups is 2.